The van der Waals surface area contributed by atoms with Gasteiger partial charge in [0.05, 0.1) is 10.7 Å². The van der Waals surface area contributed by atoms with E-state index in [1.54, 1.807) is 11.8 Å². The summed E-state index contributed by atoms with van der Waals surface area (Å²) in [5.41, 5.74) is 1.37. The third-order valence-electron chi connectivity index (χ3n) is 3.54. The molecule has 0 saturated carbocycles. The summed E-state index contributed by atoms with van der Waals surface area (Å²) < 4.78 is 26.2. The van der Waals surface area contributed by atoms with Crippen molar-refractivity contribution in [1.82, 2.24) is 4.31 Å². The molecule has 0 spiro atoms. The van der Waals surface area contributed by atoms with E-state index >= 15 is 0 Å². The molecule has 8 heteroatoms. The van der Waals surface area contributed by atoms with Gasteiger partial charge in [-0.15, -0.1) is 11.8 Å². The van der Waals surface area contributed by atoms with Crippen LogP contribution in [0.5, 0.6) is 0 Å². The van der Waals surface area contributed by atoms with Crippen LogP contribution in [-0.2, 0) is 22.3 Å². The van der Waals surface area contributed by atoms with Crippen molar-refractivity contribution in [2.75, 3.05) is 13.3 Å². The summed E-state index contributed by atoms with van der Waals surface area (Å²) in [7, 11) is -1.97. The average molecular weight is 366 g/mol. The van der Waals surface area contributed by atoms with Crippen molar-refractivity contribution < 1.29 is 13.3 Å². The molecule has 0 atom stereocenters. The van der Waals surface area contributed by atoms with Crippen molar-refractivity contribution in [2.45, 2.75) is 17.2 Å². The number of hydrogen-bond donors (Lipinski definition) is 0. The summed E-state index contributed by atoms with van der Waals surface area (Å²) in [6.07, 6.45) is 1.98. The largest absolute Gasteiger partial charge is 0.269 e. The van der Waals surface area contributed by atoms with E-state index < -0.39 is 14.9 Å². The van der Waals surface area contributed by atoms with Crippen molar-refractivity contribution in [2.24, 2.45) is 0 Å². The van der Waals surface area contributed by atoms with Crippen molar-refractivity contribution in [3.63, 3.8) is 0 Å². The SMILES string of the molecule is CSc1ccc(CN(C)S(=O)(=O)Cc2ccc([N+](=O)[O-])cc2)cc1. The lowest BCUT2D eigenvalue weighted by molar-refractivity contribution is -0.384. The second kappa shape index (κ2) is 7.78. The lowest BCUT2D eigenvalue weighted by atomic mass is 10.2. The first kappa shape index (κ1) is 18.4. The van der Waals surface area contributed by atoms with Crippen LogP contribution in [0, 0.1) is 10.1 Å². The molecule has 0 aliphatic rings. The number of sulfonamides is 1. The molecule has 2 aromatic rings. The molecule has 0 heterocycles. The van der Waals surface area contributed by atoms with Gasteiger partial charge in [-0.25, -0.2) is 12.7 Å². The predicted molar refractivity (Wildman–Crippen MR) is 95.4 cm³/mol. The fourth-order valence-electron chi connectivity index (χ4n) is 2.12. The third-order valence-corrected chi connectivity index (χ3v) is 6.06. The van der Waals surface area contributed by atoms with E-state index in [2.05, 4.69) is 0 Å². The molecular weight excluding hydrogens is 348 g/mol. The van der Waals surface area contributed by atoms with Crippen LogP contribution in [0.4, 0.5) is 5.69 Å². The maximum Gasteiger partial charge on any atom is 0.269 e. The minimum Gasteiger partial charge on any atom is -0.258 e. The van der Waals surface area contributed by atoms with Gasteiger partial charge in [0.25, 0.3) is 5.69 Å². The molecule has 0 amide bonds. The number of non-ortho nitro benzene ring substituents is 1. The molecule has 0 N–H and O–H groups in total. The lowest BCUT2D eigenvalue weighted by Crippen LogP contribution is -2.27. The Hall–Kier alpha value is -1.90. The fourth-order valence-corrected chi connectivity index (χ4v) is 3.71. The number of nitrogens with zero attached hydrogens (tertiary/aromatic N) is 2. The average Bonchev–Trinajstić information content (AvgIpc) is 2.55. The van der Waals surface area contributed by atoms with E-state index in [1.165, 1.54) is 35.6 Å². The van der Waals surface area contributed by atoms with Crippen LogP contribution in [0.15, 0.2) is 53.4 Å². The van der Waals surface area contributed by atoms with Crippen molar-refractivity contribution in [1.29, 1.82) is 0 Å². The van der Waals surface area contributed by atoms with Crippen molar-refractivity contribution >= 4 is 27.5 Å². The van der Waals surface area contributed by atoms with Crippen LogP contribution in [0.2, 0.25) is 0 Å². The summed E-state index contributed by atoms with van der Waals surface area (Å²) >= 11 is 1.63. The first-order chi connectivity index (χ1) is 11.3. The zero-order chi connectivity index (χ0) is 17.7. The molecule has 0 aliphatic heterocycles. The van der Waals surface area contributed by atoms with Crippen LogP contribution < -0.4 is 0 Å². The van der Waals surface area contributed by atoms with E-state index in [9.17, 15) is 18.5 Å². The molecule has 0 unspecified atom stereocenters. The van der Waals surface area contributed by atoms with Gasteiger partial charge in [-0.1, -0.05) is 24.3 Å². The van der Waals surface area contributed by atoms with Crippen molar-refractivity contribution in [3.05, 3.63) is 69.8 Å². The second-order valence-electron chi connectivity index (χ2n) is 5.28. The van der Waals surface area contributed by atoms with E-state index in [0.29, 0.717) is 5.56 Å². The quantitative estimate of drug-likeness (QED) is 0.427. The molecule has 2 rings (SSSR count). The normalized spacial score (nSPS) is 11.6. The first-order valence-electron chi connectivity index (χ1n) is 7.12. The summed E-state index contributed by atoms with van der Waals surface area (Å²) in [6.45, 7) is 0.282. The van der Waals surface area contributed by atoms with Gasteiger partial charge < -0.3 is 0 Å². The number of thioether (sulfide) groups is 1. The Labute approximate surface area is 145 Å². The van der Waals surface area contributed by atoms with Crippen LogP contribution in [0.1, 0.15) is 11.1 Å². The van der Waals surface area contributed by atoms with Gasteiger partial charge in [-0.05, 0) is 29.5 Å². The van der Waals surface area contributed by atoms with Gasteiger partial charge in [0.2, 0.25) is 10.0 Å². The van der Waals surface area contributed by atoms with Crippen LogP contribution in [-0.4, -0.2) is 30.9 Å². The summed E-state index contributed by atoms with van der Waals surface area (Å²) in [6, 6.07) is 13.3. The van der Waals surface area contributed by atoms with Gasteiger partial charge in [-0.3, -0.25) is 10.1 Å². The summed E-state index contributed by atoms with van der Waals surface area (Å²) in [5, 5.41) is 10.6. The van der Waals surface area contributed by atoms with E-state index in [4.69, 9.17) is 0 Å². The molecular formula is C16H18N2O4S2. The highest BCUT2D eigenvalue weighted by Crippen LogP contribution is 2.18. The van der Waals surface area contributed by atoms with E-state index in [0.717, 1.165) is 10.5 Å². The van der Waals surface area contributed by atoms with Crippen molar-refractivity contribution in [3.8, 4) is 0 Å². The molecule has 0 bridgehead atoms. The van der Waals surface area contributed by atoms with Gasteiger partial charge in [0.1, 0.15) is 0 Å². The molecule has 0 saturated heterocycles. The third kappa shape index (κ3) is 4.80. The molecule has 6 nitrogen and oxygen atoms in total. The Balaban J connectivity index is 2.06. The Bertz CT molecular complexity index is 803. The molecule has 0 radical (unpaired) electrons. The fraction of sp³-hybridized carbons (Fsp3) is 0.250. The maximum absolute atomic E-state index is 12.4. The number of hydrogen-bond acceptors (Lipinski definition) is 5. The van der Waals surface area contributed by atoms with E-state index in [-0.39, 0.29) is 18.0 Å². The molecule has 128 valence electrons. The predicted octanol–water partition coefficient (Wildman–Crippen LogP) is 3.28. The molecule has 0 aromatic heterocycles. The van der Waals surface area contributed by atoms with Gasteiger partial charge >= 0.3 is 0 Å². The minimum atomic E-state index is -3.50. The molecule has 24 heavy (non-hydrogen) atoms. The topological polar surface area (TPSA) is 80.5 Å². The smallest absolute Gasteiger partial charge is 0.258 e. The zero-order valence-electron chi connectivity index (χ0n) is 13.4. The van der Waals surface area contributed by atoms with E-state index in [1.807, 2.05) is 30.5 Å². The highest BCUT2D eigenvalue weighted by atomic mass is 32.2. The Kier molecular flexibility index (Phi) is 5.98. The standard InChI is InChI=1S/C16H18N2O4S2/c1-17(11-13-5-9-16(23-2)10-6-13)24(21,22)12-14-3-7-15(8-4-14)18(19)20/h3-10H,11-12H2,1-2H3. The Morgan fingerprint density at radius 3 is 2.08 bits per heavy atom. The van der Waals surface area contributed by atoms with Crippen LogP contribution in [0.25, 0.3) is 0 Å². The Morgan fingerprint density at radius 1 is 1.04 bits per heavy atom. The highest BCUT2D eigenvalue weighted by molar-refractivity contribution is 7.98. The zero-order valence-corrected chi connectivity index (χ0v) is 15.0. The summed E-state index contributed by atoms with van der Waals surface area (Å²) in [5.74, 6) is -0.190. The minimum absolute atomic E-state index is 0.0570. The first-order valence-corrected chi connectivity index (χ1v) is 9.95. The maximum atomic E-state index is 12.4. The van der Waals surface area contributed by atoms with Crippen LogP contribution in [0.3, 0.4) is 0 Å². The number of benzene rings is 2. The highest BCUT2D eigenvalue weighted by Gasteiger charge is 2.19. The monoisotopic (exact) mass is 366 g/mol. The lowest BCUT2D eigenvalue weighted by Gasteiger charge is -2.17. The van der Waals surface area contributed by atoms with Gasteiger partial charge in [-0.2, -0.15) is 0 Å². The van der Waals surface area contributed by atoms with Gasteiger partial charge in [0.15, 0.2) is 0 Å². The number of nitro benzene ring substituents is 1. The molecule has 0 aliphatic carbocycles. The Morgan fingerprint density at radius 2 is 1.58 bits per heavy atom. The van der Waals surface area contributed by atoms with Gasteiger partial charge in [0, 0.05) is 30.6 Å². The second-order valence-corrected chi connectivity index (χ2v) is 8.24. The number of rotatable bonds is 7. The molecule has 2 aromatic carbocycles. The number of nitro groups is 1. The summed E-state index contributed by atoms with van der Waals surface area (Å²) in [4.78, 5) is 11.2. The molecule has 0 fully saturated rings. The van der Waals surface area contributed by atoms with Crippen LogP contribution >= 0.6 is 11.8 Å².